The lowest BCUT2D eigenvalue weighted by atomic mass is 9.99. The summed E-state index contributed by atoms with van der Waals surface area (Å²) in [6.07, 6.45) is 2.56. The molecule has 0 spiro atoms. The summed E-state index contributed by atoms with van der Waals surface area (Å²) >= 11 is 2.05. The van der Waals surface area contributed by atoms with Crippen LogP contribution in [0.1, 0.15) is 38.3 Å². The lowest BCUT2D eigenvalue weighted by molar-refractivity contribution is 0.135. The quantitative estimate of drug-likeness (QED) is 0.774. The standard InChI is InChI=1S/C17H28N2S/c1-3-8-16-14-19(11-12-20-4-2)17(13-18-16)15-9-6-5-7-10-15/h5-7,9-10,16-18H,3-4,8,11-14H2,1-2H3. The van der Waals surface area contributed by atoms with Gasteiger partial charge in [0.25, 0.3) is 0 Å². The van der Waals surface area contributed by atoms with Crippen molar-refractivity contribution in [3.63, 3.8) is 0 Å². The zero-order valence-electron chi connectivity index (χ0n) is 12.8. The highest BCUT2D eigenvalue weighted by molar-refractivity contribution is 7.99. The van der Waals surface area contributed by atoms with Crippen LogP contribution in [0.5, 0.6) is 0 Å². The molecule has 1 aliphatic rings. The van der Waals surface area contributed by atoms with Crippen molar-refractivity contribution in [2.45, 2.75) is 38.8 Å². The second-order valence-corrected chi connectivity index (χ2v) is 6.91. The van der Waals surface area contributed by atoms with E-state index in [1.807, 2.05) is 0 Å². The average molecular weight is 292 g/mol. The van der Waals surface area contributed by atoms with E-state index in [0.717, 1.165) is 6.54 Å². The summed E-state index contributed by atoms with van der Waals surface area (Å²) in [4.78, 5) is 2.69. The summed E-state index contributed by atoms with van der Waals surface area (Å²) in [5.41, 5.74) is 1.46. The molecule has 2 rings (SSSR count). The minimum absolute atomic E-state index is 0.543. The Balaban J connectivity index is 2.00. The van der Waals surface area contributed by atoms with E-state index in [-0.39, 0.29) is 0 Å². The third-order valence-corrected chi connectivity index (χ3v) is 4.92. The lowest BCUT2D eigenvalue weighted by Gasteiger charge is -2.40. The fourth-order valence-corrected chi connectivity index (χ4v) is 3.65. The van der Waals surface area contributed by atoms with Crippen LogP contribution in [0.25, 0.3) is 0 Å². The van der Waals surface area contributed by atoms with Crippen LogP contribution >= 0.6 is 11.8 Å². The maximum atomic E-state index is 3.74. The van der Waals surface area contributed by atoms with Gasteiger partial charge in [-0.25, -0.2) is 0 Å². The topological polar surface area (TPSA) is 15.3 Å². The minimum Gasteiger partial charge on any atom is -0.311 e. The molecular weight excluding hydrogens is 264 g/mol. The van der Waals surface area contributed by atoms with E-state index in [9.17, 15) is 0 Å². The third-order valence-electron chi connectivity index (χ3n) is 4.04. The molecule has 0 aromatic heterocycles. The Kier molecular flexibility index (Phi) is 6.91. The molecule has 1 saturated heterocycles. The summed E-state index contributed by atoms with van der Waals surface area (Å²) < 4.78 is 0. The van der Waals surface area contributed by atoms with E-state index in [0.29, 0.717) is 12.1 Å². The Morgan fingerprint density at radius 1 is 1.25 bits per heavy atom. The van der Waals surface area contributed by atoms with Gasteiger partial charge < -0.3 is 5.32 Å². The van der Waals surface area contributed by atoms with Crippen LogP contribution in [-0.4, -0.2) is 42.1 Å². The fraction of sp³-hybridized carbons (Fsp3) is 0.647. The number of nitrogens with zero attached hydrogens (tertiary/aromatic N) is 1. The first-order valence-electron chi connectivity index (χ1n) is 7.95. The maximum absolute atomic E-state index is 3.74. The monoisotopic (exact) mass is 292 g/mol. The highest BCUT2D eigenvalue weighted by atomic mass is 32.2. The summed E-state index contributed by atoms with van der Waals surface area (Å²) in [7, 11) is 0. The van der Waals surface area contributed by atoms with Gasteiger partial charge in [0.05, 0.1) is 0 Å². The van der Waals surface area contributed by atoms with E-state index in [2.05, 4.69) is 66.2 Å². The van der Waals surface area contributed by atoms with Gasteiger partial charge in [-0.05, 0) is 17.7 Å². The highest BCUT2D eigenvalue weighted by Gasteiger charge is 2.27. The molecule has 0 amide bonds. The molecule has 2 unspecified atom stereocenters. The molecular formula is C17H28N2S. The molecule has 1 heterocycles. The summed E-state index contributed by atoms with van der Waals surface area (Å²) in [5, 5.41) is 3.74. The maximum Gasteiger partial charge on any atom is 0.0473 e. The smallest absolute Gasteiger partial charge is 0.0473 e. The zero-order valence-corrected chi connectivity index (χ0v) is 13.7. The van der Waals surface area contributed by atoms with E-state index in [1.54, 1.807) is 0 Å². The summed E-state index contributed by atoms with van der Waals surface area (Å²) in [6.45, 7) is 8.02. The molecule has 1 aromatic rings. The van der Waals surface area contributed by atoms with Gasteiger partial charge in [0, 0.05) is 37.5 Å². The molecule has 20 heavy (non-hydrogen) atoms. The molecule has 0 aliphatic carbocycles. The van der Waals surface area contributed by atoms with Gasteiger partial charge in [-0.15, -0.1) is 0 Å². The number of hydrogen-bond acceptors (Lipinski definition) is 3. The SMILES string of the molecule is CCCC1CN(CCSCC)C(c2ccccc2)CN1. The Morgan fingerprint density at radius 3 is 2.75 bits per heavy atom. The molecule has 1 aliphatic heterocycles. The Bertz CT molecular complexity index is 369. The van der Waals surface area contributed by atoms with E-state index in [4.69, 9.17) is 0 Å². The number of benzene rings is 1. The van der Waals surface area contributed by atoms with E-state index < -0.39 is 0 Å². The van der Waals surface area contributed by atoms with Crippen LogP contribution < -0.4 is 5.32 Å². The van der Waals surface area contributed by atoms with Gasteiger partial charge in [-0.1, -0.05) is 50.6 Å². The zero-order chi connectivity index (χ0) is 14.2. The number of nitrogens with one attached hydrogen (secondary N) is 1. The second kappa shape index (κ2) is 8.71. The van der Waals surface area contributed by atoms with Crippen LogP contribution in [0, 0.1) is 0 Å². The van der Waals surface area contributed by atoms with Crippen LogP contribution in [0.15, 0.2) is 30.3 Å². The number of thioether (sulfide) groups is 1. The molecule has 0 saturated carbocycles. The molecule has 2 nitrogen and oxygen atoms in total. The largest absolute Gasteiger partial charge is 0.311 e. The molecule has 0 radical (unpaired) electrons. The fourth-order valence-electron chi connectivity index (χ4n) is 3.00. The van der Waals surface area contributed by atoms with Crippen molar-refractivity contribution in [1.82, 2.24) is 10.2 Å². The van der Waals surface area contributed by atoms with Crippen LogP contribution in [0.3, 0.4) is 0 Å². The van der Waals surface area contributed by atoms with Crippen LogP contribution in [0.4, 0.5) is 0 Å². The Labute approximate surface area is 128 Å². The molecule has 1 fully saturated rings. The van der Waals surface area contributed by atoms with Gasteiger partial charge in [0.15, 0.2) is 0 Å². The summed E-state index contributed by atoms with van der Waals surface area (Å²) in [5.74, 6) is 2.47. The lowest BCUT2D eigenvalue weighted by Crippen LogP contribution is -2.52. The Morgan fingerprint density at radius 2 is 2.05 bits per heavy atom. The molecule has 1 aromatic carbocycles. The molecule has 1 N–H and O–H groups in total. The molecule has 2 atom stereocenters. The van der Waals surface area contributed by atoms with Gasteiger partial charge in [0.1, 0.15) is 0 Å². The van der Waals surface area contributed by atoms with Crippen molar-refractivity contribution < 1.29 is 0 Å². The van der Waals surface area contributed by atoms with Gasteiger partial charge in [-0.2, -0.15) is 11.8 Å². The van der Waals surface area contributed by atoms with Crippen molar-refractivity contribution in [3.05, 3.63) is 35.9 Å². The molecule has 3 heteroatoms. The first kappa shape index (κ1) is 15.9. The van der Waals surface area contributed by atoms with Gasteiger partial charge in [-0.3, -0.25) is 4.90 Å². The molecule has 112 valence electrons. The summed E-state index contributed by atoms with van der Waals surface area (Å²) in [6, 6.07) is 12.2. The number of hydrogen-bond donors (Lipinski definition) is 1. The van der Waals surface area contributed by atoms with E-state index >= 15 is 0 Å². The first-order chi connectivity index (χ1) is 9.85. The van der Waals surface area contributed by atoms with Crippen molar-refractivity contribution in [1.29, 1.82) is 0 Å². The normalized spacial score (nSPS) is 23.9. The number of piperazine rings is 1. The Hall–Kier alpha value is -0.510. The van der Waals surface area contributed by atoms with Crippen molar-refractivity contribution in [2.75, 3.05) is 31.1 Å². The van der Waals surface area contributed by atoms with Gasteiger partial charge >= 0.3 is 0 Å². The second-order valence-electron chi connectivity index (χ2n) is 5.51. The predicted molar refractivity (Wildman–Crippen MR) is 90.5 cm³/mol. The number of rotatable bonds is 7. The van der Waals surface area contributed by atoms with Gasteiger partial charge in [0.2, 0.25) is 0 Å². The average Bonchev–Trinajstić information content (AvgIpc) is 2.49. The van der Waals surface area contributed by atoms with Crippen molar-refractivity contribution in [3.8, 4) is 0 Å². The van der Waals surface area contributed by atoms with Crippen molar-refractivity contribution in [2.24, 2.45) is 0 Å². The van der Waals surface area contributed by atoms with Crippen molar-refractivity contribution >= 4 is 11.8 Å². The van der Waals surface area contributed by atoms with Crippen LogP contribution in [-0.2, 0) is 0 Å². The predicted octanol–water partition coefficient (Wildman–Crippen LogP) is 3.55. The third kappa shape index (κ3) is 4.51. The highest BCUT2D eigenvalue weighted by Crippen LogP contribution is 2.24. The first-order valence-corrected chi connectivity index (χ1v) is 9.10. The van der Waals surface area contributed by atoms with Crippen LogP contribution in [0.2, 0.25) is 0 Å². The minimum atomic E-state index is 0.543. The van der Waals surface area contributed by atoms with E-state index in [1.165, 1.54) is 43.0 Å². The molecule has 0 bridgehead atoms.